The average molecular weight is 331 g/mol. The first-order chi connectivity index (χ1) is 11.2. The molecule has 2 aromatic rings. The molecule has 8 heteroatoms. The van der Waals surface area contributed by atoms with Crippen LogP contribution in [0.15, 0.2) is 12.1 Å². The van der Waals surface area contributed by atoms with E-state index in [-0.39, 0.29) is 5.56 Å². The lowest BCUT2D eigenvalue weighted by molar-refractivity contribution is 0.00578. The number of aromatic nitrogens is 3. The second-order valence-electron chi connectivity index (χ2n) is 7.14. The molecule has 7 nitrogen and oxygen atoms in total. The minimum Gasteiger partial charge on any atom is -0.478 e. The van der Waals surface area contributed by atoms with Crippen LogP contribution in [0.3, 0.4) is 0 Å². The molecule has 0 amide bonds. The van der Waals surface area contributed by atoms with Gasteiger partial charge in [0.2, 0.25) is 0 Å². The molecule has 0 bridgehead atoms. The normalized spacial score (nSPS) is 19.1. The molecule has 1 saturated heterocycles. The number of aromatic carboxylic acids is 1. The number of hydrogen-bond acceptors (Lipinski definition) is 5. The van der Waals surface area contributed by atoms with Crippen LogP contribution in [0.5, 0.6) is 0 Å². The molecule has 1 aliphatic rings. The molecule has 0 unspecified atom stereocenters. The van der Waals surface area contributed by atoms with Gasteiger partial charge in [-0.2, -0.15) is 0 Å². The highest BCUT2D eigenvalue weighted by Crippen LogP contribution is 2.37. The van der Waals surface area contributed by atoms with Crippen molar-refractivity contribution in [2.45, 2.75) is 58.8 Å². The summed E-state index contributed by atoms with van der Waals surface area (Å²) in [7, 11) is -0.661. The van der Waals surface area contributed by atoms with Crippen LogP contribution in [0.25, 0.3) is 11.0 Å². The van der Waals surface area contributed by atoms with Crippen molar-refractivity contribution < 1.29 is 19.2 Å². The van der Waals surface area contributed by atoms with Crippen molar-refractivity contribution in [3.8, 4) is 0 Å². The van der Waals surface area contributed by atoms with Crippen LogP contribution in [0.1, 0.15) is 51.4 Å². The van der Waals surface area contributed by atoms with E-state index in [1.54, 1.807) is 10.7 Å². The van der Waals surface area contributed by atoms with Crippen LogP contribution in [0, 0.1) is 0 Å². The number of fused-ring (bicyclic) bond motifs is 1. The summed E-state index contributed by atoms with van der Waals surface area (Å²) in [4.78, 5) is 11.5. The third-order valence-electron chi connectivity index (χ3n) is 4.83. The Morgan fingerprint density at radius 2 is 1.88 bits per heavy atom. The van der Waals surface area contributed by atoms with Crippen LogP contribution in [-0.2, 0) is 15.9 Å². The summed E-state index contributed by atoms with van der Waals surface area (Å²) in [5, 5.41) is 17.7. The van der Waals surface area contributed by atoms with E-state index in [2.05, 4.69) is 10.3 Å². The average Bonchev–Trinajstić information content (AvgIpc) is 2.97. The Morgan fingerprint density at radius 1 is 1.25 bits per heavy atom. The molecule has 1 aromatic heterocycles. The Balaban J connectivity index is 2.18. The van der Waals surface area contributed by atoms with E-state index in [0.29, 0.717) is 17.5 Å². The molecule has 3 rings (SSSR count). The van der Waals surface area contributed by atoms with Crippen LogP contribution in [0.4, 0.5) is 0 Å². The summed E-state index contributed by atoms with van der Waals surface area (Å²) in [6.45, 7) is 10.6. The summed E-state index contributed by atoms with van der Waals surface area (Å²) in [5.41, 5.74) is 1.09. The van der Waals surface area contributed by atoms with Crippen molar-refractivity contribution in [2.24, 2.45) is 0 Å². The van der Waals surface area contributed by atoms with Crippen molar-refractivity contribution in [3.63, 3.8) is 0 Å². The fourth-order valence-electron chi connectivity index (χ4n) is 2.79. The van der Waals surface area contributed by atoms with Crippen molar-refractivity contribution in [3.05, 3.63) is 17.7 Å². The van der Waals surface area contributed by atoms with Gasteiger partial charge in [-0.25, -0.2) is 9.48 Å². The Hall–Kier alpha value is -1.93. The van der Waals surface area contributed by atoms with E-state index < -0.39 is 24.3 Å². The monoisotopic (exact) mass is 331 g/mol. The number of carboxylic acid groups (broad SMARTS) is 1. The van der Waals surface area contributed by atoms with Crippen LogP contribution < -0.4 is 5.46 Å². The predicted molar refractivity (Wildman–Crippen MR) is 90.5 cm³/mol. The van der Waals surface area contributed by atoms with E-state index in [9.17, 15) is 9.90 Å². The lowest BCUT2D eigenvalue weighted by atomic mass is 9.77. The zero-order valence-corrected chi connectivity index (χ0v) is 14.7. The van der Waals surface area contributed by atoms with Gasteiger partial charge in [0, 0.05) is 12.0 Å². The predicted octanol–water partition coefficient (Wildman–Crippen LogP) is 1.84. The molecule has 2 heterocycles. The Morgan fingerprint density at radius 3 is 2.42 bits per heavy atom. The SMILES string of the molecule is CCCn1nnc2cc(C(=O)O)cc(B3OC(C)(C)C(C)(C)O3)c21. The highest BCUT2D eigenvalue weighted by molar-refractivity contribution is 6.65. The molecule has 1 aromatic carbocycles. The molecule has 0 saturated carbocycles. The maximum atomic E-state index is 11.5. The maximum absolute atomic E-state index is 11.5. The molecule has 0 radical (unpaired) electrons. The van der Waals surface area contributed by atoms with Gasteiger partial charge in [0.15, 0.2) is 0 Å². The van der Waals surface area contributed by atoms with Crippen molar-refractivity contribution in [2.75, 3.05) is 0 Å². The summed E-state index contributed by atoms with van der Waals surface area (Å²) in [6, 6.07) is 3.13. The van der Waals surface area contributed by atoms with Gasteiger partial charge in [0.25, 0.3) is 0 Å². The Kier molecular flexibility index (Phi) is 3.92. The number of rotatable bonds is 4. The quantitative estimate of drug-likeness (QED) is 0.861. The Labute approximate surface area is 141 Å². The van der Waals surface area contributed by atoms with Crippen molar-refractivity contribution in [1.29, 1.82) is 0 Å². The third kappa shape index (κ3) is 2.59. The second-order valence-corrected chi connectivity index (χ2v) is 7.14. The molecule has 1 fully saturated rings. The zero-order valence-electron chi connectivity index (χ0n) is 14.7. The van der Waals surface area contributed by atoms with Gasteiger partial charge in [-0.3, -0.25) is 0 Å². The zero-order chi connectivity index (χ0) is 17.7. The largest absolute Gasteiger partial charge is 0.497 e. The first kappa shape index (κ1) is 16.9. The summed E-state index contributed by atoms with van der Waals surface area (Å²) in [6.07, 6.45) is 0.891. The van der Waals surface area contributed by atoms with Gasteiger partial charge in [0.1, 0.15) is 5.52 Å². The van der Waals surface area contributed by atoms with Gasteiger partial charge in [0.05, 0.1) is 22.3 Å². The van der Waals surface area contributed by atoms with E-state index in [4.69, 9.17) is 9.31 Å². The number of carbonyl (C=O) groups is 1. The molecule has 0 aliphatic carbocycles. The van der Waals surface area contributed by atoms with Crippen LogP contribution in [0.2, 0.25) is 0 Å². The minimum atomic E-state index is -1.01. The highest BCUT2D eigenvalue weighted by Gasteiger charge is 2.52. The minimum absolute atomic E-state index is 0.149. The van der Waals surface area contributed by atoms with Gasteiger partial charge in [-0.15, -0.1) is 5.10 Å². The first-order valence-corrected chi connectivity index (χ1v) is 8.12. The van der Waals surface area contributed by atoms with E-state index in [1.165, 1.54) is 6.07 Å². The van der Waals surface area contributed by atoms with E-state index in [1.807, 2.05) is 34.6 Å². The number of aryl methyl sites for hydroxylation is 1. The standard InChI is InChI=1S/C16H22BN3O4/c1-6-7-20-13-11(17-23-15(2,3)16(4,5)24-17)8-10(14(21)22)9-12(13)18-19-20/h8-9H,6-7H2,1-5H3,(H,21,22). The van der Waals surface area contributed by atoms with E-state index >= 15 is 0 Å². The molecule has 0 atom stereocenters. The molecular formula is C16H22BN3O4. The van der Waals surface area contributed by atoms with Gasteiger partial charge in [-0.05, 0) is 46.2 Å². The first-order valence-electron chi connectivity index (χ1n) is 8.12. The van der Waals surface area contributed by atoms with Gasteiger partial charge < -0.3 is 14.4 Å². The molecular weight excluding hydrogens is 309 g/mol. The molecule has 24 heavy (non-hydrogen) atoms. The van der Waals surface area contributed by atoms with Crippen LogP contribution >= 0.6 is 0 Å². The summed E-state index contributed by atoms with van der Waals surface area (Å²) >= 11 is 0. The number of hydrogen-bond donors (Lipinski definition) is 1. The molecule has 1 aliphatic heterocycles. The smallest absolute Gasteiger partial charge is 0.478 e. The van der Waals surface area contributed by atoms with Crippen molar-refractivity contribution in [1.82, 2.24) is 15.0 Å². The van der Waals surface area contributed by atoms with Crippen molar-refractivity contribution >= 4 is 29.6 Å². The summed E-state index contributed by atoms with van der Waals surface area (Å²) in [5.74, 6) is -1.01. The van der Waals surface area contributed by atoms with Crippen LogP contribution in [-0.4, -0.2) is 44.4 Å². The maximum Gasteiger partial charge on any atom is 0.497 e. The fraction of sp³-hybridized carbons (Fsp3) is 0.562. The summed E-state index contributed by atoms with van der Waals surface area (Å²) < 4.78 is 14.0. The highest BCUT2D eigenvalue weighted by atomic mass is 16.7. The lowest BCUT2D eigenvalue weighted by Gasteiger charge is -2.32. The number of benzene rings is 1. The topological polar surface area (TPSA) is 86.5 Å². The fourth-order valence-corrected chi connectivity index (χ4v) is 2.79. The Bertz CT molecular complexity index is 784. The van der Waals surface area contributed by atoms with Gasteiger partial charge in [-0.1, -0.05) is 12.1 Å². The number of nitrogens with zero attached hydrogens (tertiary/aromatic N) is 3. The molecule has 128 valence electrons. The second kappa shape index (κ2) is 5.56. The lowest BCUT2D eigenvalue weighted by Crippen LogP contribution is -2.41. The molecule has 0 spiro atoms. The third-order valence-corrected chi connectivity index (χ3v) is 4.83. The molecule has 1 N–H and O–H groups in total. The van der Waals surface area contributed by atoms with Gasteiger partial charge >= 0.3 is 13.1 Å². The van der Waals surface area contributed by atoms with E-state index in [0.717, 1.165) is 11.9 Å². The number of carboxylic acids is 1.